The van der Waals surface area contributed by atoms with Gasteiger partial charge in [0, 0.05) is 30.7 Å². The highest BCUT2D eigenvalue weighted by molar-refractivity contribution is 7.09. The molecule has 2 aliphatic rings. The minimum Gasteiger partial charge on any atom is -0.336 e. The van der Waals surface area contributed by atoms with Crippen LogP contribution in [0.4, 0.5) is 9.93 Å². The van der Waals surface area contributed by atoms with Crippen LogP contribution in [-0.4, -0.2) is 56.8 Å². The quantitative estimate of drug-likeness (QED) is 0.901. The van der Waals surface area contributed by atoms with Crippen molar-refractivity contribution < 1.29 is 9.59 Å². The molecule has 0 aromatic carbocycles. The molecule has 1 saturated carbocycles. The van der Waals surface area contributed by atoms with Crippen molar-refractivity contribution in [2.75, 3.05) is 25.0 Å². The third kappa shape index (κ3) is 3.37. The Balaban J connectivity index is 1.55. The summed E-state index contributed by atoms with van der Waals surface area (Å²) in [4.78, 5) is 32.2. The van der Waals surface area contributed by atoms with Crippen molar-refractivity contribution in [3.05, 3.63) is 5.82 Å². The van der Waals surface area contributed by atoms with Crippen LogP contribution in [0.2, 0.25) is 0 Å². The number of anilines is 1. The van der Waals surface area contributed by atoms with E-state index in [1.54, 1.807) is 11.8 Å². The fourth-order valence-electron chi connectivity index (χ4n) is 3.16. The highest BCUT2D eigenvalue weighted by Gasteiger charge is 2.32. The summed E-state index contributed by atoms with van der Waals surface area (Å²) in [6.07, 6.45) is 5.88. The smallest absolute Gasteiger partial charge is 0.324 e. The first-order valence-electron chi connectivity index (χ1n) is 7.79. The van der Waals surface area contributed by atoms with Gasteiger partial charge in [-0.3, -0.25) is 10.1 Å². The summed E-state index contributed by atoms with van der Waals surface area (Å²) in [5.41, 5.74) is 0. The van der Waals surface area contributed by atoms with E-state index in [2.05, 4.69) is 14.7 Å². The van der Waals surface area contributed by atoms with E-state index in [0.29, 0.717) is 30.1 Å². The van der Waals surface area contributed by atoms with Gasteiger partial charge in [0.25, 0.3) is 0 Å². The monoisotopic (exact) mass is 323 g/mol. The van der Waals surface area contributed by atoms with Crippen LogP contribution in [0.5, 0.6) is 0 Å². The van der Waals surface area contributed by atoms with Gasteiger partial charge >= 0.3 is 6.03 Å². The zero-order valence-corrected chi connectivity index (χ0v) is 13.6. The highest BCUT2D eigenvalue weighted by Crippen LogP contribution is 2.24. The van der Waals surface area contributed by atoms with Crippen molar-refractivity contribution in [3.63, 3.8) is 0 Å². The van der Waals surface area contributed by atoms with E-state index in [1.807, 2.05) is 4.90 Å². The van der Waals surface area contributed by atoms with Crippen LogP contribution < -0.4 is 5.32 Å². The maximum absolute atomic E-state index is 12.3. The van der Waals surface area contributed by atoms with Crippen molar-refractivity contribution in [1.29, 1.82) is 0 Å². The van der Waals surface area contributed by atoms with Crippen LogP contribution in [0.1, 0.15) is 37.9 Å². The van der Waals surface area contributed by atoms with Gasteiger partial charge in [-0.05, 0) is 19.8 Å². The summed E-state index contributed by atoms with van der Waals surface area (Å²) in [5, 5.41) is 3.19. The first kappa shape index (κ1) is 15.2. The number of urea groups is 1. The van der Waals surface area contributed by atoms with Gasteiger partial charge in [0.2, 0.25) is 11.0 Å². The molecule has 7 nitrogen and oxygen atoms in total. The summed E-state index contributed by atoms with van der Waals surface area (Å²) in [6, 6.07) is 0.102. The summed E-state index contributed by atoms with van der Waals surface area (Å²) < 4.78 is 4.03. The Labute approximate surface area is 133 Å². The van der Waals surface area contributed by atoms with Crippen molar-refractivity contribution >= 4 is 28.6 Å². The molecule has 2 fully saturated rings. The summed E-state index contributed by atoms with van der Waals surface area (Å²) in [5.74, 6) is 0.695. The molecule has 1 aromatic heterocycles. The molecular formula is C14H21N5O2S. The number of amides is 3. The molecule has 1 aliphatic carbocycles. The number of nitrogens with one attached hydrogen (secondary N) is 1. The van der Waals surface area contributed by atoms with Crippen molar-refractivity contribution in [2.45, 2.75) is 45.1 Å². The minimum atomic E-state index is -0.271. The number of hydrogen-bond acceptors (Lipinski definition) is 5. The number of hydrogen-bond donors (Lipinski definition) is 1. The van der Waals surface area contributed by atoms with Gasteiger partial charge in [-0.15, -0.1) is 0 Å². The molecule has 3 rings (SSSR count). The number of carbonyl (C=O) groups is 2. The zero-order valence-electron chi connectivity index (χ0n) is 12.7. The number of rotatable bonds is 2. The van der Waals surface area contributed by atoms with Gasteiger partial charge in [-0.2, -0.15) is 4.37 Å². The Hall–Kier alpha value is -1.70. The molecule has 3 amide bonds. The molecule has 0 radical (unpaired) electrons. The summed E-state index contributed by atoms with van der Waals surface area (Å²) in [6.45, 7) is 3.14. The zero-order chi connectivity index (χ0) is 15.5. The summed E-state index contributed by atoms with van der Waals surface area (Å²) >= 11 is 1.15. The lowest BCUT2D eigenvalue weighted by atomic mass is 9.93. The molecule has 0 bridgehead atoms. The molecule has 0 atom stereocenters. The number of aryl methyl sites for hydroxylation is 1. The lowest BCUT2D eigenvalue weighted by Crippen LogP contribution is -2.56. The highest BCUT2D eigenvalue weighted by atomic mass is 32.1. The fraction of sp³-hybridized carbons (Fsp3) is 0.714. The predicted octanol–water partition coefficient (Wildman–Crippen LogP) is 1.86. The largest absolute Gasteiger partial charge is 0.336 e. The second-order valence-electron chi connectivity index (χ2n) is 5.88. The maximum Gasteiger partial charge on any atom is 0.324 e. The molecule has 22 heavy (non-hydrogen) atoms. The van der Waals surface area contributed by atoms with Crippen molar-refractivity contribution in [3.8, 4) is 0 Å². The Morgan fingerprint density at radius 3 is 2.68 bits per heavy atom. The topological polar surface area (TPSA) is 78.4 Å². The first-order valence-corrected chi connectivity index (χ1v) is 8.56. The molecule has 1 saturated heterocycles. The number of aromatic nitrogens is 2. The lowest BCUT2D eigenvalue weighted by Gasteiger charge is -2.40. The van der Waals surface area contributed by atoms with Gasteiger partial charge < -0.3 is 9.80 Å². The van der Waals surface area contributed by atoms with Gasteiger partial charge in [0.1, 0.15) is 12.4 Å². The Bertz CT molecular complexity index is 555. The SMILES string of the molecule is Cc1nsc(NC(=O)N2CCN(C3CCCCC3)C(=O)C2)n1. The molecule has 8 heteroatoms. The number of nitrogens with zero attached hydrogens (tertiary/aromatic N) is 4. The van der Waals surface area contributed by atoms with Gasteiger partial charge in [0.15, 0.2) is 0 Å². The minimum absolute atomic E-state index is 0.0572. The van der Waals surface area contributed by atoms with Gasteiger partial charge in [0.05, 0.1) is 0 Å². The van der Waals surface area contributed by atoms with E-state index < -0.39 is 0 Å². The lowest BCUT2D eigenvalue weighted by molar-refractivity contribution is -0.138. The normalized spacial score (nSPS) is 20.3. The van der Waals surface area contributed by atoms with Crippen molar-refractivity contribution in [1.82, 2.24) is 19.2 Å². The third-order valence-corrected chi connectivity index (χ3v) is 5.02. The summed E-state index contributed by atoms with van der Waals surface area (Å²) in [7, 11) is 0. The maximum atomic E-state index is 12.3. The van der Waals surface area contributed by atoms with E-state index in [0.717, 1.165) is 24.4 Å². The van der Waals surface area contributed by atoms with Crippen LogP contribution in [0.25, 0.3) is 0 Å². The van der Waals surface area contributed by atoms with Crippen LogP contribution in [-0.2, 0) is 4.79 Å². The molecule has 0 spiro atoms. The third-order valence-electron chi connectivity index (χ3n) is 4.30. The molecule has 0 unspecified atom stereocenters. The Morgan fingerprint density at radius 2 is 2.05 bits per heavy atom. The van der Waals surface area contributed by atoms with Crippen LogP contribution in [0.3, 0.4) is 0 Å². The first-order chi connectivity index (χ1) is 10.6. The molecular weight excluding hydrogens is 302 g/mol. The molecule has 120 valence electrons. The fourth-order valence-corrected chi connectivity index (χ4v) is 3.72. The van der Waals surface area contributed by atoms with Crippen LogP contribution in [0.15, 0.2) is 0 Å². The molecule has 1 aromatic rings. The second kappa shape index (κ2) is 6.60. The van der Waals surface area contributed by atoms with E-state index in [9.17, 15) is 9.59 Å². The van der Waals surface area contributed by atoms with Gasteiger partial charge in [-0.25, -0.2) is 9.78 Å². The van der Waals surface area contributed by atoms with Gasteiger partial charge in [-0.1, -0.05) is 19.3 Å². The van der Waals surface area contributed by atoms with E-state index >= 15 is 0 Å². The molecule has 2 heterocycles. The van der Waals surface area contributed by atoms with E-state index in [4.69, 9.17) is 0 Å². The van der Waals surface area contributed by atoms with Crippen molar-refractivity contribution in [2.24, 2.45) is 0 Å². The average Bonchev–Trinajstić information content (AvgIpc) is 2.93. The second-order valence-corrected chi connectivity index (χ2v) is 6.63. The van der Waals surface area contributed by atoms with Crippen LogP contribution in [0, 0.1) is 6.92 Å². The number of carbonyl (C=O) groups excluding carboxylic acids is 2. The van der Waals surface area contributed by atoms with E-state index in [-0.39, 0.29) is 18.5 Å². The standard InChI is InChI=1S/C14H21N5O2S/c1-10-15-13(22-17-10)16-14(21)18-7-8-19(12(20)9-18)11-5-3-2-4-6-11/h11H,2-9H2,1H3,(H,15,16,17,21). The molecule has 1 N–H and O–H groups in total. The Kier molecular flexibility index (Phi) is 4.56. The van der Waals surface area contributed by atoms with E-state index in [1.165, 1.54) is 19.3 Å². The Morgan fingerprint density at radius 1 is 1.27 bits per heavy atom. The molecule has 1 aliphatic heterocycles. The number of piperazine rings is 1. The van der Waals surface area contributed by atoms with Crippen LogP contribution >= 0.6 is 11.5 Å². The predicted molar refractivity (Wildman–Crippen MR) is 83.8 cm³/mol. The average molecular weight is 323 g/mol.